The fourth-order valence-electron chi connectivity index (χ4n) is 1.65. The molecule has 0 saturated heterocycles. The van der Waals surface area contributed by atoms with Crippen LogP contribution in [0.3, 0.4) is 0 Å². The maximum Gasteiger partial charge on any atom is 0.347 e. The van der Waals surface area contributed by atoms with Crippen LogP contribution in [0, 0.1) is 6.92 Å². The van der Waals surface area contributed by atoms with Crippen LogP contribution in [0.4, 0.5) is 0 Å². The molecule has 3 aromatic rings. The highest BCUT2D eigenvalue weighted by Crippen LogP contribution is 2.30. The van der Waals surface area contributed by atoms with Crippen LogP contribution in [0.5, 0.6) is 0 Å². The molecule has 5 nitrogen and oxygen atoms in total. The van der Waals surface area contributed by atoms with Crippen molar-refractivity contribution in [2.24, 2.45) is 0 Å². The number of aromatic nitrogens is 2. The number of rotatable bonds is 5. The topological polar surface area (TPSA) is 76.2 Å². The maximum atomic E-state index is 11.0. The van der Waals surface area contributed by atoms with Crippen molar-refractivity contribution in [3.05, 3.63) is 40.0 Å². The molecule has 3 rings (SSSR count). The quantitative estimate of drug-likeness (QED) is 0.704. The minimum Gasteiger partial charge on any atom is -0.477 e. The highest BCUT2D eigenvalue weighted by Gasteiger charge is 2.15. The Morgan fingerprint density at radius 1 is 1.48 bits per heavy atom. The van der Waals surface area contributed by atoms with Crippen LogP contribution in [0.25, 0.3) is 10.8 Å². The molecule has 1 N–H and O–H groups in total. The van der Waals surface area contributed by atoms with Crippen molar-refractivity contribution >= 4 is 40.4 Å². The van der Waals surface area contributed by atoms with Crippen LogP contribution in [-0.4, -0.2) is 21.0 Å². The second kappa shape index (κ2) is 6.00. The minimum atomic E-state index is -0.932. The lowest BCUT2D eigenvalue weighted by molar-refractivity contribution is 0.0701. The monoisotopic (exact) mass is 338 g/mol. The standard InChI is InChI=1S/C13H10N2O3S3/c1-7-10(12(16)17)21-13(14-7)20-6-8-5-18-11(15-8)9-3-2-4-19-9/h2-5H,6H2,1H3,(H,16,17). The normalized spacial score (nSPS) is 10.9. The molecular formula is C13H10N2O3S3. The van der Waals surface area contributed by atoms with Crippen molar-refractivity contribution in [1.82, 2.24) is 9.97 Å². The molecule has 0 radical (unpaired) electrons. The molecule has 8 heteroatoms. The summed E-state index contributed by atoms with van der Waals surface area (Å²) in [5, 5.41) is 11.0. The van der Waals surface area contributed by atoms with E-state index in [0.29, 0.717) is 17.3 Å². The number of nitrogens with zero attached hydrogens (tertiary/aromatic N) is 2. The Morgan fingerprint density at radius 3 is 3.00 bits per heavy atom. The van der Waals surface area contributed by atoms with Crippen LogP contribution >= 0.6 is 34.4 Å². The number of aromatic carboxylic acids is 1. The fraction of sp³-hybridized carbons (Fsp3) is 0.154. The van der Waals surface area contributed by atoms with Crippen LogP contribution in [0.2, 0.25) is 0 Å². The Labute approximate surface area is 132 Å². The van der Waals surface area contributed by atoms with Crippen LogP contribution in [0.1, 0.15) is 21.1 Å². The first-order chi connectivity index (χ1) is 10.1. The predicted molar refractivity (Wildman–Crippen MR) is 83.2 cm³/mol. The number of thioether (sulfide) groups is 1. The highest BCUT2D eigenvalue weighted by atomic mass is 32.2. The van der Waals surface area contributed by atoms with Gasteiger partial charge in [-0.3, -0.25) is 0 Å². The molecular weight excluding hydrogens is 328 g/mol. The smallest absolute Gasteiger partial charge is 0.347 e. The minimum absolute atomic E-state index is 0.289. The predicted octanol–water partition coefficient (Wildman–Crippen LogP) is 4.16. The van der Waals surface area contributed by atoms with Crippen molar-refractivity contribution < 1.29 is 14.3 Å². The maximum absolute atomic E-state index is 11.0. The first-order valence-electron chi connectivity index (χ1n) is 5.95. The molecule has 21 heavy (non-hydrogen) atoms. The van der Waals surface area contributed by atoms with Gasteiger partial charge in [0.1, 0.15) is 11.1 Å². The number of thiophene rings is 1. The van der Waals surface area contributed by atoms with E-state index in [1.54, 1.807) is 24.5 Å². The van der Waals surface area contributed by atoms with Crippen molar-refractivity contribution in [3.8, 4) is 10.8 Å². The molecule has 0 aromatic carbocycles. The first-order valence-corrected chi connectivity index (χ1v) is 8.63. The molecule has 3 aromatic heterocycles. The third kappa shape index (κ3) is 3.17. The molecule has 0 spiro atoms. The second-order valence-corrected chi connectivity index (χ2v) is 7.28. The summed E-state index contributed by atoms with van der Waals surface area (Å²) in [6.07, 6.45) is 1.63. The largest absolute Gasteiger partial charge is 0.477 e. The lowest BCUT2D eigenvalue weighted by Crippen LogP contribution is -1.94. The van der Waals surface area contributed by atoms with Crippen molar-refractivity contribution in [3.63, 3.8) is 0 Å². The molecule has 0 bridgehead atoms. The van der Waals surface area contributed by atoms with Gasteiger partial charge in [-0.25, -0.2) is 14.8 Å². The summed E-state index contributed by atoms with van der Waals surface area (Å²) in [6.45, 7) is 1.70. The fourth-order valence-corrected chi connectivity index (χ4v) is 4.22. The Bertz CT molecular complexity index is 762. The molecule has 0 amide bonds. The SMILES string of the molecule is Cc1nc(SCc2coc(-c3cccs3)n2)sc1C(=O)O. The van der Waals surface area contributed by atoms with E-state index in [1.165, 1.54) is 23.1 Å². The van der Waals surface area contributed by atoms with Gasteiger partial charge in [0.2, 0.25) is 5.89 Å². The number of aryl methyl sites for hydroxylation is 1. The van der Waals surface area contributed by atoms with E-state index >= 15 is 0 Å². The van der Waals surface area contributed by atoms with E-state index in [0.717, 1.165) is 14.9 Å². The Morgan fingerprint density at radius 2 is 2.33 bits per heavy atom. The zero-order valence-electron chi connectivity index (χ0n) is 10.9. The van der Waals surface area contributed by atoms with E-state index in [9.17, 15) is 4.79 Å². The van der Waals surface area contributed by atoms with Gasteiger partial charge in [-0.05, 0) is 18.4 Å². The molecule has 0 saturated carbocycles. The molecule has 0 aliphatic rings. The van der Waals surface area contributed by atoms with Crippen LogP contribution in [-0.2, 0) is 5.75 Å². The third-order valence-corrected chi connectivity index (χ3v) is 5.78. The summed E-state index contributed by atoms with van der Waals surface area (Å²) in [5.74, 6) is 0.279. The van der Waals surface area contributed by atoms with Gasteiger partial charge in [-0.2, -0.15) is 0 Å². The number of carboxylic acids is 1. The Balaban J connectivity index is 1.68. The van der Waals surface area contributed by atoms with Crippen molar-refractivity contribution in [2.45, 2.75) is 17.0 Å². The van der Waals surface area contributed by atoms with E-state index < -0.39 is 5.97 Å². The van der Waals surface area contributed by atoms with Gasteiger partial charge >= 0.3 is 5.97 Å². The number of hydrogen-bond acceptors (Lipinski definition) is 7. The van der Waals surface area contributed by atoms with Crippen LogP contribution in [0.15, 0.2) is 32.5 Å². The molecule has 108 valence electrons. The van der Waals surface area contributed by atoms with Crippen molar-refractivity contribution in [1.29, 1.82) is 0 Å². The zero-order valence-corrected chi connectivity index (χ0v) is 13.3. The summed E-state index contributed by atoms with van der Waals surface area (Å²) < 4.78 is 6.17. The number of thiazole rings is 1. The molecule has 0 fully saturated rings. The summed E-state index contributed by atoms with van der Waals surface area (Å²) in [6, 6.07) is 3.90. The Hall–Kier alpha value is -1.64. The summed E-state index contributed by atoms with van der Waals surface area (Å²) in [7, 11) is 0. The summed E-state index contributed by atoms with van der Waals surface area (Å²) in [5.41, 5.74) is 1.36. The molecule has 3 heterocycles. The third-order valence-electron chi connectivity index (χ3n) is 2.60. The van der Waals surface area contributed by atoms with E-state index in [1.807, 2.05) is 17.5 Å². The van der Waals surface area contributed by atoms with E-state index in [4.69, 9.17) is 9.52 Å². The zero-order chi connectivity index (χ0) is 14.8. The average Bonchev–Trinajstić information content (AvgIpc) is 3.16. The van der Waals surface area contributed by atoms with Crippen molar-refractivity contribution in [2.75, 3.05) is 0 Å². The lowest BCUT2D eigenvalue weighted by Gasteiger charge is -1.91. The number of hydrogen-bond donors (Lipinski definition) is 1. The second-order valence-electron chi connectivity index (χ2n) is 4.11. The van der Waals surface area contributed by atoms with Gasteiger partial charge in [0, 0.05) is 5.75 Å². The lowest BCUT2D eigenvalue weighted by atomic mass is 10.4. The highest BCUT2D eigenvalue weighted by molar-refractivity contribution is 8.00. The van der Waals surface area contributed by atoms with Gasteiger partial charge < -0.3 is 9.52 Å². The number of oxazole rings is 1. The van der Waals surface area contributed by atoms with Crippen LogP contribution < -0.4 is 0 Å². The number of carbonyl (C=O) groups is 1. The Kier molecular flexibility index (Phi) is 4.09. The molecule has 0 aliphatic carbocycles. The van der Waals surface area contributed by atoms with E-state index in [2.05, 4.69) is 9.97 Å². The summed E-state index contributed by atoms with van der Waals surface area (Å²) in [4.78, 5) is 20.9. The van der Waals surface area contributed by atoms with Gasteiger partial charge in [-0.15, -0.1) is 22.7 Å². The first kappa shape index (κ1) is 14.3. The van der Waals surface area contributed by atoms with Gasteiger partial charge in [-0.1, -0.05) is 17.8 Å². The number of carboxylic acid groups (broad SMARTS) is 1. The van der Waals surface area contributed by atoms with Gasteiger partial charge in [0.15, 0.2) is 4.34 Å². The van der Waals surface area contributed by atoms with E-state index in [-0.39, 0.29) is 4.88 Å². The average molecular weight is 338 g/mol. The summed E-state index contributed by atoms with van der Waals surface area (Å²) >= 11 is 4.22. The molecule has 0 unspecified atom stereocenters. The van der Waals surface area contributed by atoms with Gasteiger partial charge in [0.25, 0.3) is 0 Å². The van der Waals surface area contributed by atoms with Gasteiger partial charge in [0.05, 0.1) is 16.3 Å². The molecule has 0 aliphatic heterocycles. The molecule has 0 atom stereocenters.